The fraction of sp³-hybridized carbons (Fsp3) is 0.778. The normalized spacial score (nSPS) is 14.6. The van der Waals surface area contributed by atoms with Gasteiger partial charge in [0, 0.05) is 13.1 Å². The van der Waals surface area contributed by atoms with Crippen molar-refractivity contribution in [1.82, 2.24) is 10.2 Å². The fourth-order valence-electron chi connectivity index (χ4n) is 0.940. The van der Waals surface area contributed by atoms with E-state index in [1.165, 1.54) is 0 Å². The Kier molecular flexibility index (Phi) is 7.61. The number of hydrogen-bond acceptors (Lipinski definition) is 5. The number of carbonyl (C=O) groups excluding carboxylic acids is 1. The van der Waals surface area contributed by atoms with Crippen LogP contribution in [0.25, 0.3) is 0 Å². The van der Waals surface area contributed by atoms with E-state index < -0.39 is 16.5 Å². The van der Waals surface area contributed by atoms with Crippen molar-refractivity contribution in [1.29, 1.82) is 0 Å². The van der Waals surface area contributed by atoms with Crippen molar-refractivity contribution in [2.24, 2.45) is 0 Å². The number of hydrogen-bond donors (Lipinski definition) is 4. The highest BCUT2D eigenvalue weighted by Gasteiger charge is 2.21. The van der Waals surface area contributed by atoms with Crippen LogP contribution in [0, 0.1) is 0 Å². The number of carboxylic acids is 1. The summed E-state index contributed by atoms with van der Waals surface area (Å²) in [5, 5.41) is 9.79. The number of carbonyl (C=O) groups is 2. The number of amides is 1. The van der Waals surface area contributed by atoms with Crippen molar-refractivity contribution in [3.63, 3.8) is 0 Å². The predicted octanol–water partition coefficient (Wildman–Crippen LogP) is -0.264. The quantitative estimate of drug-likeness (QED) is 0.479. The van der Waals surface area contributed by atoms with Gasteiger partial charge in [-0.25, -0.2) is 0 Å². The summed E-state index contributed by atoms with van der Waals surface area (Å²) in [4.78, 5) is 23.9. The van der Waals surface area contributed by atoms with E-state index in [9.17, 15) is 9.59 Å². The van der Waals surface area contributed by atoms with Crippen LogP contribution in [0.4, 0.5) is 0 Å². The molecule has 0 aromatic rings. The van der Waals surface area contributed by atoms with Gasteiger partial charge in [-0.2, -0.15) is 25.3 Å². The summed E-state index contributed by atoms with van der Waals surface area (Å²) >= 11 is 7.89. The summed E-state index contributed by atoms with van der Waals surface area (Å²) in [7, 11) is 3.80. The van der Waals surface area contributed by atoms with E-state index in [2.05, 4.69) is 30.6 Å². The van der Waals surface area contributed by atoms with Crippen molar-refractivity contribution in [3.8, 4) is 0 Å². The molecule has 7 heteroatoms. The first-order valence-corrected chi connectivity index (χ1v) is 5.89. The average molecular weight is 266 g/mol. The van der Waals surface area contributed by atoms with Crippen molar-refractivity contribution < 1.29 is 14.7 Å². The predicted molar refractivity (Wildman–Crippen MR) is 69.4 cm³/mol. The number of nitrogens with zero attached hydrogens (tertiary/aromatic N) is 1. The van der Waals surface area contributed by atoms with Crippen LogP contribution in [0.15, 0.2) is 0 Å². The van der Waals surface area contributed by atoms with Gasteiger partial charge in [-0.05, 0) is 20.5 Å². The summed E-state index contributed by atoms with van der Waals surface area (Å²) in [6.07, 6.45) is 0.107. The Morgan fingerprint density at radius 3 is 2.31 bits per heavy atom. The molecule has 0 saturated carbocycles. The van der Waals surface area contributed by atoms with Crippen molar-refractivity contribution in [3.05, 3.63) is 0 Å². The molecule has 0 aliphatic carbocycles. The van der Waals surface area contributed by atoms with Gasteiger partial charge in [-0.15, -0.1) is 0 Å². The second-order valence-electron chi connectivity index (χ2n) is 3.70. The Hall–Kier alpha value is -0.400. The zero-order valence-corrected chi connectivity index (χ0v) is 11.2. The summed E-state index contributed by atoms with van der Waals surface area (Å²) in [6.45, 7) is 1.25. The number of thiol groups is 2. The Labute approximate surface area is 106 Å². The maximum absolute atomic E-state index is 11.4. The van der Waals surface area contributed by atoms with E-state index >= 15 is 0 Å². The number of nitrogens with one attached hydrogen (secondary N) is 1. The van der Waals surface area contributed by atoms with Crippen LogP contribution in [0.1, 0.15) is 6.42 Å². The van der Waals surface area contributed by atoms with Crippen molar-refractivity contribution in [2.45, 2.75) is 16.9 Å². The first-order valence-electron chi connectivity index (χ1n) is 4.86. The molecule has 2 atom stereocenters. The summed E-state index contributed by atoms with van der Waals surface area (Å²) in [6, 6.07) is 0. The lowest BCUT2D eigenvalue weighted by Crippen LogP contribution is -2.37. The third-order valence-electron chi connectivity index (χ3n) is 1.89. The Balaban J connectivity index is 3.86. The minimum Gasteiger partial charge on any atom is -0.480 e. The standard InChI is InChI=1S/C9H18N2O3S2/c1-11(2)4-3-10-8(12)6(15)5-7(16)9(13)14/h6-7,15-16H,3-5H2,1-2H3,(H,10,12)(H,13,14). The van der Waals surface area contributed by atoms with E-state index in [4.69, 9.17) is 5.11 Å². The molecule has 5 nitrogen and oxygen atoms in total. The molecule has 0 rings (SSSR count). The molecule has 0 heterocycles. The Morgan fingerprint density at radius 1 is 1.31 bits per heavy atom. The molecule has 0 saturated heterocycles. The zero-order valence-electron chi connectivity index (χ0n) is 9.38. The van der Waals surface area contributed by atoms with Crippen LogP contribution in [0.3, 0.4) is 0 Å². The lowest BCUT2D eigenvalue weighted by Gasteiger charge is -2.15. The number of rotatable bonds is 7. The van der Waals surface area contributed by atoms with Crippen LogP contribution in [-0.2, 0) is 9.59 Å². The summed E-state index contributed by atoms with van der Waals surface area (Å²) in [5.74, 6) is -1.30. The van der Waals surface area contributed by atoms with Gasteiger partial charge in [-0.3, -0.25) is 9.59 Å². The topological polar surface area (TPSA) is 69.6 Å². The third kappa shape index (κ3) is 6.97. The molecule has 0 aromatic heterocycles. The molecule has 1 amide bonds. The number of aliphatic carboxylic acids is 1. The maximum atomic E-state index is 11.4. The molecule has 2 N–H and O–H groups in total. The first kappa shape index (κ1) is 15.6. The van der Waals surface area contributed by atoms with Crippen LogP contribution < -0.4 is 5.32 Å². The molecule has 0 spiro atoms. The first-order chi connectivity index (χ1) is 7.34. The molecule has 16 heavy (non-hydrogen) atoms. The van der Waals surface area contributed by atoms with E-state index in [1.807, 2.05) is 19.0 Å². The van der Waals surface area contributed by atoms with Gasteiger partial charge in [0.05, 0.1) is 5.25 Å². The lowest BCUT2D eigenvalue weighted by atomic mass is 10.2. The SMILES string of the molecule is CN(C)CCNC(=O)C(S)CC(S)C(=O)O. The highest BCUT2D eigenvalue weighted by atomic mass is 32.1. The Bertz CT molecular complexity index is 249. The molecule has 2 unspecified atom stereocenters. The third-order valence-corrected chi connectivity index (χ3v) is 2.77. The van der Waals surface area contributed by atoms with Gasteiger partial charge < -0.3 is 15.3 Å². The lowest BCUT2D eigenvalue weighted by molar-refractivity contribution is -0.136. The van der Waals surface area contributed by atoms with Crippen LogP contribution in [-0.4, -0.2) is 59.6 Å². The summed E-state index contributed by atoms with van der Waals surface area (Å²) in [5.41, 5.74) is 0. The van der Waals surface area contributed by atoms with Gasteiger partial charge in [0.15, 0.2) is 0 Å². The molecule has 0 bridgehead atoms. The van der Waals surface area contributed by atoms with Gasteiger partial charge in [0.2, 0.25) is 5.91 Å². The molecule has 0 aromatic carbocycles. The monoisotopic (exact) mass is 266 g/mol. The molecule has 0 fully saturated rings. The molecule has 0 radical (unpaired) electrons. The average Bonchev–Trinajstić information content (AvgIpc) is 2.16. The highest BCUT2D eigenvalue weighted by Crippen LogP contribution is 2.10. The minimum absolute atomic E-state index is 0.107. The van der Waals surface area contributed by atoms with Gasteiger partial charge in [0.25, 0.3) is 0 Å². The molecule has 94 valence electrons. The minimum atomic E-state index is -1.04. The second kappa shape index (κ2) is 7.81. The molecule has 0 aliphatic heterocycles. The smallest absolute Gasteiger partial charge is 0.316 e. The van der Waals surface area contributed by atoms with Crippen LogP contribution in [0.5, 0.6) is 0 Å². The van der Waals surface area contributed by atoms with Crippen molar-refractivity contribution >= 4 is 37.1 Å². The second-order valence-corrected chi connectivity index (χ2v) is 4.95. The summed E-state index contributed by atoms with van der Waals surface area (Å²) < 4.78 is 0. The number of carboxylic acid groups (broad SMARTS) is 1. The molecule has 0 aliphatic rings. The Morgan fingerprint density at radius 2 is 1.88 bits per heavy atom. The highest BCUT2D eigenvalue weighted by molar-refractivity contribution is 7.82. The van der Waals surface area contributed by atoms with Crippen molar-refractivity contribution in [2.75, 3.05) is 27.2 Å². The fourth-order valence-corrected chi connectivity index (χ4v) is 1.62. The largest absolute Gasteiger partial charge is 0.480 e. The van der Waals surface area contributed by atoms with Crippen LogP contribution in [0.2, 0.25) is 0 Å². The van der Waals surface area contributed by atoms with E-state index in [1.54, 1.807) is 0 Å². The van der Waals surface area contributed by atoms with E-state index in [0.717, 1.165) is 6.54 Å². The molecular formula is C9H18N2O3S2. The molecular weight excluding hydrogens is 248 g/mol. The van der Waals surface area contributed by atoms with Gasteiger partial charge in [0.1, 0.15) is 5.25 Å². The number of likely N-dealkylation sites (N-methyl/N-ethyl adjacent to an activating group) is 1. The van der Waals surface area contributed by atoms with Gasteiger partial charge in [-0.1, -0.05) is 0 Å². The van der Waals surface area contributed by atoms with Crippen LogP contribution >= 0.6 is 25.3 Å². The van der Waals surface area contributed by atoms with Gasteiger partial charge >= 0.3 is 5.97 Å². The van der Waals surface area contributed by atoms with E-state index in [-0.39, 0.29) is 12.3 Å². The van der Waals surface area contributed by atoms with E-state index in [0.29, 0.717) is 6.54 Å². The maximum Gasteiger partial charge on any atom is 0.316 e. The zero-order chi connectivity index (χ0) is 12.7.